The number of rotatable bonds is 9. The lowest BCUT2D eigenvalue weighted by atomic mass is 10.1. The number of nitrogens with zero attached hydrogens (tertiary/aromatic N) is 2. The molecule has 0 bridgehead atoms. The largest absolute Gasteiger partial charge is 0.493 e. The molecule has 3 aromatic rings. The van der Waals surface area contributed by atoms with Gasteiger partial charge in [0.1, 0.15) is 18.2 Å². The number of amides is 1. The first kappa shape index (κ1) is 22.1. The molecule has 0 saturated carbocycles. The van der Waals surface area contributed by atoms with Crippen molar-refractivity contribution in [2.24, 2.45) is 0 Å². The van der Waals surface area contributed by atoms with Crippen LogP contribution in [0.5, 0.6) is 11.5 Å². The zero-order chi connectivity index (χ0) is 22.4. The number of hydrogen-bond donors (Lipinski definition) is 0. The van der Waals surface area contributed by atoms with Crippen LogP contribution in [0, 0.1) is 19.7 Å². The standard InChI is InChI=1S/C24H25FN2O4/c1-5-12-27(14-19-8-6-7-9-21(19)25)24(28)18-10-11-22(23(13-18)29-4)30-15-20-16(2)26-31-17(20)3/h5-11,13H,1,12,14-15H2,2-4H3. The number of carbonyl (C=O) groups is 1. The van der Waals surface area contributed by atoms with E-state index in [0.29, 0.717) is 28.4 Å². The highest BCUT2D eigenvalue weighted by Crippen LogP contribution is 2.30. The minimum atomic E-state index is -0.356. The molecule has 7 heteroatoms. The first-order valence-electron chi connectivity index (χ1n) is 9.80. The van der Waals surface area contributed by atoms with Crippen LogP contribution in [0.15, 0.2) is 59.6 Å². The van der Waals surface area contributed by atoms with Gasteiger partial charge in [0.25, 0.3) is 5.91 Å². The average Bonchev–Trinajstić information content (AvgIpc) is 3.10. The van der Waals surface area contributed by atoms with Gasteiger partial charge < -0.3 is 18.9 Å². The van der Waals surface area contributed by atoms with Crippen LogP contribution >= 0.6 is 0 Å². The van der Waals surface area contributed by atoms with Crippen molar-refractivity contribution < 1.29 is 23.2 Å². The molecule has 0 unspecified atom stereocenters. The predicted octanol–water partition coefficient (Wildman–Crippen LogP) is 4.85. The van der Waals surface area contributed by atoms with Gasteiger partial charge in [-0.2, -0.15) is 0 Å². The molecule has 0 saturated heterocycles. The van der Waals surface area contributed by atoms with Gasteiger partial charge in [-0.25, -0.2) is 4.39 Å². The van der Waals surface area contributed by atoms with E-state index >= 15 is 0 Å². The molecular weight excluding hydrogens is 399 g/mol. The summed E-state index contributed by atoms with van der Waals surface area (Å²) in [6.07, 6.45) is 1.61. The fraction of sp³-hybridized carbons (Fsp3) is 0.250. The lowest BCUT2D eigenvalue weighted by Gasteiger charge is -2.22. The third-order valence-electron chi connectivity index (χ3n) is 4.92. The van der Waals surface area contributed by atoms with Crippen molar-refractivity contribution in [2.45, 2.75) is 27.0 Å². The van der Waals surface area contributed by atoms with Crippen LogP contribution < -0.4 is 9.47 Å². The maximum Gasteiger partial charge on any atom is 0.254 e. The van der Waals surface area contributed by atoms with E-state index in [2.05, 4.69) is 11.7 Å². The molecule has 0 N–H and O–H groups in total. The number of methoxy groups -OCH3 is 1. The van der Waals surface area contributed by atoms with E-state index in [0.717, 1.165) is 11.3 Å². The van der Waals surface area contributed by atoms with Crippen LogP contribution in [0.25, 0.3) is 0 Å². The van der Waals surface area contributed by atoms with Gasteiger partial charge in [0.2, 0.25) is 0 Å². The van der Waals surface area contributed by atoms with Crippen molar-refractivity contribution >= 4 is 5.91 Å². The molecule has 0 fully saturated rings. The van der Waals surface area contributed by atoms with Crippen molar-refractivity contribution in [1.29, 1.82) is 0 Å². The fourth-order valence-electron chi connectivity index (χ4n) is 3.17. The quantitative estimate of drug-likeness (QED) is 0.460. The van der Waals surface area contributed by atoms with Gasteiger partial charge >= 0.3 is 0 Å². The van der Waals surface area contributed by atoms with Gasteiger partial charge in [0, 0.05) is 24.2 Å². The first-order valence-corrected chi connectivity index (χ1v) is 9.80. The smallest absolute Gasteiger partial charge is 0.254 e. The molecule has 0 spiro atoms. The zero-order valence-corrected chi connectivity index (χ0v) is 17.9. The SMILES string of the molecule is C=CCN(Cc1ccccc1F)C(=O)c1ccc(OCc2c(C)noc2C)c(OC)c1. The van der Waals surface area contributed by atoms with Crippen LogP contribution in [0.1, 0.15) is 32.9 Å². The highest BCUT2D eigenvalue weighted by Gasteiger charge is 2.19. The monoisotopic (exact) mass is 424 g/mol. The summed E-state index contributed by atoms with van der Waals surface area (Å²) in [6, 6.07) is 11.3. The number of aryl methyl sites for hydroxylation is 2. The molecule has 3 rings (SSSR count). The molecule has 0 aliphatic heterocycles. The molecule has 0 aliphatic carbocycles. The maximum absolute atomic E-state index is 14.1. The summed E-state index contributed by atoms with van der Waals surface area (Å²) in [5.74, 6) is 0.977. The summed E-state index contributed by atoms with van der Waals surface area (Å²) < 4.78 is 30.5. The van der Waals surface area contributed by atoms with E-state index < -0.39 is 0 Å². The molecule has 0 aliphatic rings. The van der Waals surface area contributed by atoms with Crippen LogP contribution in [-0.4, -0.2) is 29.6 Å². The summed E-state index contributed by atoms with van der Waals surface area (Å²) in [4.78, 5) is 14.6. The van der Waals surface area contributed by atoms with Crippen molar-refractivity contribution in [3.63, 3.8) is 0 Å². The Balaban J connectivity index is 1.79. The van der Waals surface area contributed by atoms with Gasteiger partial charge in [-0.3, -0.25) is 4.79 Å². The van der Waals surface area contributed by atoms with Gasteiger partial charge in [0.05, 0.1) is 18.4 Å². The predicted molar refractivity (Wildman–Crippen MR) is 115 cm³/mol. The lowest BCUT2D eigenvalue weighted by molar-refractivity contribution is 0.0761. The van der Waals surface area contributed by atoms with Crippen LogP contribution in [0.2, 0.25) is 0 Å². The highest BCUT2D eigenvalue weighted by atomic mass is 19.1. The Bertz CT molecular complexity index is 1060. The number of carbonyl (C=O) groups excluding carboxylic acids is 1. The van der Waals surface area contributed by atoms with E-state index in [-0.39, 0.29) is 31.4 Å². The Labute approximate surface area is 180 Å². The average molecular weight is 424 g/mol. The van der Waals surface area contributed by atoms with Crippen molar-refractivity contribution in [1.82, 2.24) is 10.1 Å². The third kappa shape index (κ3) is 5.12. The summed E-state index contributed by atoms with van der Waals surface area (Å²) in [7, 11) is 1.51. The molecule has 162 valence electrons. The molecule has 1 aromatic heterocycles. The maximum atomic E-state index is 14.1. The second kappa shape index (κ2) is 9.93. The van der Waals surface area contributed by atoms with Crippen LogP contribution in [-0.2, 0) is 13.2 Å². The van der Waals surface area contributed by atoms with E-state index in [1.165, 1.54) is 18.1 Å². The number of benzene rings is 2. The van der Waals surface area contributed by atoms with Gasteiger partial charge in [0.15, 0.2) is 11.5 Å². The summed E-state index contributed by atoms with van der Waals surface area (Å²) in [6.45, 7) is 8.04. The summed E-state index contributed by atoms with van der Waals surface area (Å²) >= 11 is 0. The molecule has 1 amide bonds. The summed E-state index contributed by atoms with van der Waals surface area (Å²) in [5.41, 5.74) is 2.46. The summed E-state index contributed by atoms with van der Waals surface area (Å²) in [5, 5.41) is 3.91. The minimum absolute atomic E-state index is 0.129. The normalized spacial score (nSPS) is 10.6. The number of halogens is 1. The Morgan fingerprint density at radius 2 is 2.00 bits per heavy atom. The van der Waals surface area contributed by atoms with E-state index in [1.54, 1.807) is 42.5 Å². The lowest BCUT2D eigenvalue weighted by Crippen LogP contribution is -2.31. The fourth-order valence-corrected chi connectivity index (χ4v) is 3.17. The second-order valence-electron chi connectivity index (χ2n) is 7.02. The van der Waals surface area contributed by atoms with Crippen LogP contribution in [0.3, 0.4) is 0 Å². The molecule has 0 atom stereocenters. The van der Waals surface area contributed by atoms with E-state index in [1.807, 2.05) is 13.8 Å². The first-order chi connectivity index (χ1) is 14.9. The van der Waals surface area contributed by atoms with E-state index in [4.69, 9.17) is 14.0 Å². The van der Waals surface area contributed by atoms with E-state index in [9.17, 15) is 9.18 Å². The number of hydrogen-bond acceptors (Lipinski definition) is 5. The van der Waals surface area contributed by atoms with Crippen molar-refractivity contribution in [3.05, 3.63) is 89.1 Å². The number of ether oxygens (including phenoxy) is 2. The Kier molecular flexibility index (Phi) is 7.07. The number of aromatic nitrogens is 1. The molecule has 31 heavy (non-hydrogen) atoms. The van der Waals surface area contributed by atoms with Crippen LogP contribution in [0.4, 0.5) is 4.39 Å². The van der Waals surface area contributed by atoms with Crippen molar-refractivity contribution in [2.75, 3.05) is 13.7 Å². The van der Waals surface area contributed by atoms with Gasteiger partial charge in [-0.05, 0) is 38.1 Å². The van der Waals surface area contributed by atoms with Gasteiger partial charge in [-0.1, -0.05) is 29.4 Å². The Morgan fingerprint density at radius 3 is 2.65 bits per heavy atom. The minimum Gasteiger partial charge on any atom is -0.493 e. The molecular formula is C24H25FN2O4. The second-order valence-corrected chi connectivity index (χ2v) is 7.02. The Hall–Kier alpha value is -3.61. The molecule has 0 radical (unpaired) electrons. The van der Waals surface area contributed by atoms with Crippen molar-refractivity contribution in [3.8, 4) is 11.5 Å². The zero-order valence-electron chi connectivity index (χ0n) is 17.9. The van der Waals surface area contributed by atoms with Gasteiger partial charge in [-0.15, -0.1) is 6.58 Å². The Morgan fingerprint density at radius 1 is 1.23 bits per heavy atom. The topological polar surface area (TPSA) is 64.8 Å². The third-order valence-corrected chi connectivity index (χ3v) is 4.92. The molecule has 1 heterocycles. The molecule has 6 nitrogen and oxygen atoms in total. The highest BCUT2D eigenvalue weighted by molar-refractivity contribution is 5.95. The molecule has 2 aromatic carbocycles.